The first kappa shape index (κ1) is 17.0. The number of carbonyl (C=O) groups is 2. The van der Waals surface area contributed by atoms with Crippen molar-refractivity contribution in [3.63, 3.8) is 0 Å². The summed E-state index contributed by atoms with van der Waals surface area (Å²) in [5.74, 6) is -0.734. The zero-order chi connectivity index (χ0) is 16.8. The molecular formula is C18H18ClNO3. The molecule has 0 unspecified atom stereocenters. The zero-order valence-electron chi connectivity index (χ0n) is 13.1. The normalized spacial score (nSPS) is 10.2. The van der Waals surface area contributed by atoms with Crippen LogP contribution in [0.4, 0.5) is 5.69 Å². The minimum atomic E-state index is -0.496. The van der Waals surface area contributed by atoms with Gasteiger partial charge in [-0.15, -0.1) is 0 Å². The molecule has 0 saturated carbocycles. The summed E-state index contributed by atoms with van der Waals surface area (Å²) in [6.07, 6.45) is 0.729. The second-order valence-electron chi connectivity index (χ2n) is 5.10. The summed E-state index contributed by atoms with van der Waals surface area (Å²) in [6.45, 7) is 4.10. The lowest BCUT2D eigenvalue weighted by Crippen LogP contribution is -2.14. The largest absolute Gasteiger partial charge is 0.462 e. The Morgan fingerprint density at radius 2 is 1.87 bits per heavy atom. The van der Waals surface area contributed by atoms with E-state index in [-0.39, 0.29) is 11.5 Å². The maximum absolute atomic E-state index is 12.3. The highest BCUT2D eigenvalue weighted by molar-refractivity contribution is 6.33. The molecule has 0 saturated heterocycles. The van der Waals surface area contributed by atoms with Crippen molar-refractivity contribution in [3.8, 4) is 0 Å². The van der Waals surface area contributed by atoms with Gasteiger partial charge in [0, 0.05) is 11.3 Å². The van der Waals surface area contributed by atoms with E-state index in [0.717, 1.165) is 12.0 Å². The molecule has 0 aromatic heterocycles. The molecule has 0 heterocycles. The van der Waals surface area contributed by atoms with E-state index in [9.17, 15) is 9.59 Å². The molecule has 2 aromatic rings. The van der Waals surface area contributed by atoms with Crippen LogP contribution in [-0.2, 0) is 4.74 Å². The van der Waals surface area contributed by atoms with Crippen LogP contribution in [0, 0.1) is 6.92 Å². The quantitative estimate of drug-likeness (QED) is 0.822. The highest BCUT2D eigenvalue weighted by Gasteiger charge is 2.14. The predicted molar refractivity (Wildman–Crippen MR) is 91.2 cm³/mol. The van der Waals surface area contributed by atoms with E-state index in [1.165, 1.54) is 6.07 Å². The summed E-state index contributed by atoms with van der Waals surface area (Å²) in [5.41, 5.74) is 2.19. The molecule has 23 heavy (non-hydrogen) atoms. The van der Waals surface area contributed by atoms with Crippen LogP contribution in [0.15, 0.2) is 42.5 Å². The van der Waals surface area contributed by atoms with Gasteiger partial charge in [-0.25, -0.2) is 4.79 Å². The number of esters is 1. The number of nitrogens with one attached hydrogen (secondary N) is 1. The third-order valence-electron chi connectivity index (χ3n) is 3.27. The van der Waals surface area contributed by atoms with E-state index in [1.54, 1.807) is 24.3 Å². The van der Waals surface area contributed by atoms with Crippen LogP contribution in [0.3, 0.4) is 0 Å². The molecular weight excluding hydrogens is 314 g/mol. The lowest BCUT2D eigenvalue weighted by atomic mass is 10.1. The van der Waals surface area contributed by atoms with E-state index in [1.807, 2.05) is 26.0 Å². The van der Waals surface area contributed by atoms with Gasteiger partial charge in [0.15, 0.2) is 0 Å². The first-order valence-electron chi connectivity index (χ1n) is 7.36. The van der Waals surface area contributed by atoms with Gasteiger partial charge < -0.3 is 10.1 Å². The van der Waals surface area contributed by atoms with Crippen molar-refractivity contribution in [2.24, 2.45) is 0 Å². The van der Waals surface area contributed by atoms with Gasteiger partial charge in [-0.3, -0.25) is 4.79 Å². The van der Waals surface area contributed by atoms with E-state index in [2.05, 4.69) is 5.32 Å². The monoisotopic (exact) mass is 331 g/mol. The Labute approximate surface area is 140 Å². The Balaban J connectivity index is 2.19. The molecule has 0 aliphatic carbocycles. The van der Waals surface area contributed by atoms with Crippen molar-refractivity contribution in [2.75, 3.05) is 11.9 Å². The average molecular weight is 332 g/mol. The highest BCUT2D eigenvalue weighted by Crippen LogP contribution is 2.22. The maximum Gasteiger partial charge on any atom is 0.339 e. The lowest BCUT2D eigenvalue weighted by Gasteiger charge is -2.10. The molecule has 0 aliphatic heterocycles. The Morgan fingerprint density at radius 3 is 2.57 bits per heavy atom. The molecule has 4 nitrogen and oxygen atoms in total. The first-order valence-corrected chi connectivity index (χ1v) is 7.74. The second kappa shape index (κ2) is 7.79. The fraction of sp³-hybridized carbons (Fsp3) is 0.222. The van der Waals surface area contributed by atoms with Gasteiger partial charge in [-0.1, -0.05) is 36.7 Å². The molecule has 5 heteroatoms. The Kier molecular flexibility index (Phi) is 5.77. The standard InChI is InChI=1S/C18H18ClNO3/c1-3-10-23-18(22)15-11-13(8-9-16(15)19)20-17(21)14-7-5-4-6-12(14)2/h4-9,11H,3,10H2,1-2H3,(H,20,21). The Morgan fingerprint density at radius 1 is 1.13 bits per heavy atom. The van der Waals surface area contributed by atoms with Crippen LogP contribution in [0.2, 0.25) is 5.02 Å². The van der Waals surface area contributed by atoms with Crippen LogP contribution in [-0.4, -0.2) is 18.5 Å². The van der Waals surface area contributed by atoms with Gasteiger partial charge in [-0.2, -0.15) is 0 Å². The minimum Gasteiger partial charge on any atom is -0.462 e. The lowest BCUT2D eigenvalue weighted by molar-refractivity contribution is 0.0505. The smallest absolute Gasteiger partial charge is 0.339 e. The Bertz CT molecular complexity index is 728. The number of halogens is 1. The van der Waals surface area contributed by atoms with Crippen molar-refractivity contribution >= 4 is 29.2 Å². The van der Waals surface area contributed by atoms with E-state index in [4.69, 9.17) is 16.3 Å². The summed E-state index contributed by atoms with van der Waals surface area (Å²) in [6, 6.07) is 12.0. The third-order valence-corrected chi connectivity index (χ3v) is 3.60. The first-order chi connectivity index (χ1) is 11.0. The second-order valence-corrected chi connectivity index (χ2v) is 5.51. The van der Waals surface area contributed by atoms with Crippen molar-refractivity contribution in [2.45, 2.75) is 20.3 Å². The van der Waals surface area contributed by atoms with E-state index >= 15 is 0 Å². The van der Waals surface area contributed by atoms with Gasteiger partial charge in [-0.05, 0) is 43.2 Å². The summed E-state index contributed by atoms with van der Waals surface area (Å²) in [5, 5.41) is 3.06. The van der Waals surface area contributed by atoms with Crippen LogP contribution in [0.25, 0.3) is 0 Å². The molecule has 0 spiro atoms. The van der Waals surface area contributed by atoms with Gasteiger partial charge in [0.05, 0.1) is 17.2 Å². The summed E-state index contributed by atoms with van der Waals surface area (Å²) in [4.78, 5) is 24.3. The van der Waals surface area contributed by atoms with Gasteiger partial charge in [0.1, 0.15) is 0 Å². The van der Waals surface area contributed by atoms with Crippen LogP contribution >= 0.6 is 11.6 Å². The number of benzene rings is 2. The number of carbonyl (C=O) groups excluding carboxylic acids is 2. The molecule has 0 fully saturated rings. The number of aryl methyl sites for hydroxylation is 1. The molecule has 120 valence electrons. The minimum absolute atomic E-state index is 0.238. The number of rotatable bonds is 5. The molecule has 2 aromatic carbocycles. The molecule has 1 amide bonds. The fourth-order valence-electron chi connectivity index (χ4n) is 2.06. The molecule has 2 rings (SSSR count). The van der Waals surface area contributed by atoms with E-state index < -0.39 is 5.97 Å². The van der Waals surface area contributed by atoms with E-state index in [0.29, 0.717) is 22.9 Å². The number of hydrogen-bond donors (Lipinski definition) is 1. The summed E-state index contributed by atoms with van der Waals surface area (Å²) < 4.78 is 5.09. The van der Waals surface area contributed by atoms with Crippen LogP contribution in [0.5, 0.6) is 0 Å². The van der Waals surface area contributed by atoms with Gasteiger partial charge in [0.25, 0.3) is 5.91 Å². The third kappa shape index (κ3) is 4.33. The number of ether oxygens (including phenoxy) is 1. The highest BCUT2D eigenvalue weighted by atomic mass is 35.5. The van der Waals surface area contributed by atoms with Crippen LogP contribution < -0.4 is 5.32 Å². The number of amides is 1. The molecule has 0 atom stereocenters. The number of anilines is 1. The van der Waals surface area contributed by atoms with Crippen molar-refractivity contribution in [1.82, 2.24) is 0 Å². The predicted octanol–water partition coefficient (Wildman–Crippen LogP) is 4.47. The Hall–Kier alpha value is -2.33. The van der Waals surface area contributed by atoms with Crippen molar-refractivity contribution in [1.29, 1.82) is 0 Å². The topological polar surface area (TPSA) is 55.4 Å². The number of hydrogen-bond acceptors (Lipinski definition) is 3. The van der Waals surface area contributed by atoms with Gasteiger partial charge in [0.2, 0.25) is 0 Å². The average Bonchev–Trinajstić information content (AvgIpc) is 2.54. The molecule has 0 radical (unpaired) electrons. The molecule has 0 bridgehead atoms. The fourth-order valence-corrected chi connectivity index (χ4v) is 2.25. The van der Waals surface area contributed by atoms with Crippen molar-refractivity contribution < 1.29 is 14.3 Å². The summed E-state index contributed by atoms with van der Waals surface area (Å²) in [7, 11) is 0. The molecule has 1 N–H and O–H groups in total. The molecule has 0 aliphatic rings. The SMILES string of the molecule is CCCOC(=O)c1cc(NC(=O)c2ccccc2C)ccc1Cl. The van der Waals surface area contributed by atoms with Gasteiger partial charge >= 0.3 is 5.97 Å². The maximum atomic E-state index is 12.3. The zero-order valence-corrected chi connectivity index (χ0v) is 13.8. The van der Waals surface area contributed by atoms with Crippen LogP contribution in [0.1, 0.15) is 39.6 Å². The summed E-state index contributed by atoms with van der Waals surface area (Å²) >= 11 is 6.04. The van der Waals surface area contributed by atoms with Crippen molar-refractivity contribution in [3.05, 3.63) is 64.2 Å².